The molecule has 6 heteroatoms. The summed E-state index contributed by atoms with van der Waals surface area (Å²) in [6.45, 7) is 14.8. The van der Waals surface area contributed by atoms with Gasteiger partial charge in [0.15, 0.2) is 0 Å². The summed E-state index contributed by atoms with van der Waals surface area (Å²) < 4.78 is 13.0. The van der Waals surface area contributed by atoms with E-state index in [-0.39, 0.29) is 0 Å². The van der Waals surface area contributed by atoms with Gasteiger partial charge in [-0.05, 0) is 49.3 Å². The quantitative estimate of drug-likeness (QED) is 0.245. The van der Waals surface area contributed by atoms with Crippen molar-refractivity contribution >= 4 is 23.7 Å². The van der Waals surface area contributed by atoms with Gasteiger partial charge in [0.1, 0.15) is 5.84 Å². The maximum atomic E-state index is 13.7. The summed E-state index contributed by atoms with van der Waals surface area (Å²) >= 11 is 0.364. The zero-order valence-corrected chi connectivity index (χ0v) is 20.2. The molecular formula is C24H35FN4S. The minimum absolute atomic E-state index is 0.364. The molecule has 0 aromatic heterocycles. The monoisotopic (exact) mass is 430 g/mol. The van der Waals surface area contributed by atoms with E-state index in [1.54, 1.807) is 7.05 Å². The molecule has 0 saturated heterocycles. The average molecular weight is 431 g/mol. The third-order valence-electron chi connectivity index (χ3n) is 5.08. The Labute approximate surface area is 185 Å². The van der Waals surface area contributed by atoms with Crippen LogP contribution in [-0.4, -0.2) is 12.9 Å². The average Bonchev–Trinajstić information content (AvgIpc) is 2.73. The van der Waals surface area contributed by atoms with Gasteiger partial charge < -0.3 is 5.32 Å². The van der Waals surface area contributed by atoms with Crippen molar-refractivity contribution in [2.24, 2.45) is 4.99 Å². The minimum atomic E-state index is -0.650. The SMILES string of the molecule is CN=C(Nc1c(C(C)C)cc(C)cc1C(C)C)c1ccccc1C(C)(C)SF.N=N. The van der Waals surface area contributed by atoms with E-state index < -0.39 is 4.75 Å². The highest BCUT2D eigenvalue weighted by Crippen LogP contribution is 2.39. The van der Waals surface area contributed by atoms with Crippen LogP contribution >= 0.6 is 12.1 Å². The number of aryl methyl sites for hydroxylation is 1. The smallest absolute Gasteiger partial charge is 0.132 e. The summed E-state index contributed by atoms with van der Waals surface area (Å²) in [4.78, 5) is 4.56. The summed E-state index contributed by atoms with van der Waals surface area (Å²) in [7, 11) is 1.78. The highest BCUT2D eigenvalue weighted by Gasteiger charge is 2.27. The van der Waals surface area contributed by atoms with Crippen LogP contribution in [0.15, 0.2) is 41.4 Å². The fraction of sp³-hybridized carbons (Fsp3) is 0.458. The molecule has 0 atom stereocenters. The van der Waals surface area contributed by atoms with E-state index in [1.165, 1.54) is 16.7 Å². The molecule has 0 fully saturated rings. The van der Waals surface area contributed by atoms with Crippen LogP contribution in [0.5, 0.6) is 0 Å². The van der Waals surface area contributed by atoms with Crippen molar-refractivity contribution in [2.75, 3.05) is 12.4 Å². The van der Waals surface area contributed by atoms with Gasteiger partial charge in [-0.15, -0.1) is 0 Å². The lowest BCUT2D eigenvalue weighted by atomic mass is 9.90. The Morgan fingerprint density at radius 2 is 1.53 bits per heavy atom. The first-order chi connectivity index (χ1) is 14.1. The first-order valence-corrected chi connectivity index (χ1v) is 10.9. The lowest BCUT2D eigenvalue weighted by molar-refractivity contribution is 0.740. The highest BCUT2D eigenvalue weighted by atomic mass is 32.2. The summed E-state index contributed by atoms with van der Waals surface area (Å²) in [6.07, 6.45) is 0. The molecule has 164 valence electrons. The second kappa shape index (κ2) is 11.3. The van der Waals surface area contributed by atoms with Gasteiger partial charge >= 0.3 is 0 Å². The van der Waals surface area contributed by atoms with Crippen molar-refractivity contribution < 1.29 is 3.89 Å². The van der Waals surface area contributed by atoms with Gasteiger partial charge in [0, 0.05) is 18.3 Å². The van der Waals surface area contributed by atoms with Gasteiger partial charge in [0.2, 0.25) is 0 Å². The van der Waals surface area contributed by atoms with Gasteiger partial charge in [-0.25, -0.2) is 11.1 Å². The number of hydrogen-bond donors (Lipinski definition) is 3. The van der Waals surface area contributed by atoms with E-state index in [1.807, 2.05) is 38.1 Å². The molecule has 0 aliphatic rings. The van der Waals surface area contributed by atoms with Crippen LogP contribution in [0.4, 0.5) is 9.57 Å². The number of anilines is 1. The van der Waals surface area contributed by atoms with Crippen LogP contribution in [0, 0.1) is 18.0 Å². The molecule has 0 amide bonds. The molecule has 2 aromatic rings. The molecule has 0 spiro atoms. The Balaban J connectivity index is 0.00000218. The lowest BCUT2D eigenvalue weighted by Crippen LogP contribution is -2.23. The standard InChI is InChI=1S/C24H33FN2S.H2N2/c1-15(2)19-13-17(5)14-20(16(3)4)22(19)27-23(26-8)18-11-9-10-12-21(18)24(6,7)28-25;1-2/h9-16H,1-8H3,(H,26,27);1-2H. The Bertz CT molecular complexity index is 846. The summed E-state index contributed by atoms with van der Waals surface area (Å²) in [5, 5.41) is 3.63. The number of halogens is 1. The number of rotatable bonds is 6. The largest absolute Gasteiger partial charge is 0.340 e. The number of amidine groups is 1. The van der Waals surface area contributed by atoms with Crippen LogP contribution < -0.4 is 5.32 Å². The number of nitrogens with zero attached hydrogens (tertiary/aromatic N) is 1. The van der Waals surface area contributed by atoms with Crippen molar-refractivity contribution in [3.63, 3.8) is 0 Å². The molecule has 0 unspecified atom stereocenters. The van der Waals surface area contributed by atoms with Gasteiger partial charge in [0.05, 0.1) is 16.9 Å². The topological polar surface area (TPSA) is 72.1 Å². The molecule has 0 saturated carbocycles. The first-order valence-electron chi connectivity index (χ1n) is 10.1. The van der Waals surface area contributed by atoms with E-state index in [4.69, 9.17) is 11.1 Å². The van der Waals surface area contributed by atoms with Crippen LogP contribution in [0.3, 0.4) is 0 Å². The van der Waals surface area contributed by atoms with Crippen molar-refractivity contribution in [3.8, 4) is 0 Å². The van der Waals surface area contributed by atoms with Gasteiger partial charge in [-0.2, -0.15) is 3.89 Å². The van der Waals surface area contributed by atoms with Crippen molar-refractivity contribution in [2.45, 2.75) is 65.0 Å². The minimum Gasteiger partial charge on any atom is -0.340 e. The van der Waals surface area contributed by atoms with E-state index in [2.05, 4.69) is 57.1 Å². The highest BCUT2D eigenvalue weighted by molar-refractivity contribution is 7.95. The molecule has 0 aliphatic carbocycles. The normalized spacial score (nSPS) is 12.0. The molecule has 0 radical (unpaired) electrons. The van der Waals surface area contributed by atoms with Gasteiger partial charge in [0.25, 0.3) is 0 Å². The fourth-order valence-corrected chi connectivity index (χ4v) is 3.78. The van der Waals surface area contributed by atoms with Gasteiger partial charge in [-0.1, -0.05) is 69.7 Å². The number of nitrogens with one attached hydrogen (secondary N) is 3. The maximum Gasteiger partial charge on any atom is 0.132 e. The second-order valence-corrected chi connectivity index (χ2v) is 9.63. The maximum absolute atomic E-state index is 13.7. The molecule has 0 bridgehead atoms. The van der Waals surface area contributed by atoms with Crippen LogP contribution in [0.25, 0.3) is 0 Å². The number of hydrogen-bond acceptors (Lipinski definition) is 4. The van der Waals surface area contributed by atoms with Crippen LogP contribution in [0.2, 0.25) is 0 Å². The molecule has 0 heterocycles. The predicted octanol–water partition coefficient (Wildman–Crippen LogP) is 8.18. The molecule has 0 aliphatic heterocycles. The van der Waals surface area contributed by atoms with Crippen molar-refractivity contribution in [1.82, 2.24) is 0 Å². The van der Waals surface area contributed by atoms with Crippen molar-refractivity contribution in [1.29, 1.82) is 11.1 Å². The van der Waals surface area contributed by atoms with E-state index in [0.717, 1.165) is 22.6 Å². The number of benzene rings is 2. The van der Waals surface area contributed by atoms with E-state index in [9.17, 15) is 3.89 Å². The molecule has 3 N–H and O–H groups in total. The molecule has 30 heavy (non-hydrogen) atoms. The van der Waals surface area contributed by atoms with Crippen LogP contribution in [0.1, 0.15) is 81.2 Å². The Kier molecular flexibility index (Phi) is 9.69. The zero-order valence-electron chi connectivity index (χ0n) is 19.4. The molecule has 2 rings (SSSR count). The molecular weight excluding hydrogens is 395 g/mol. The summed E-state index contributed by atoms with van der Waals surface area (Å²) in [6, 6.07) is 12.4. The van der Waals surface area contributed by atoms with Gasteiger partial charge in [-0.3, -0.25) is 4.99 Å². The third-order valence-corrected chi connectivity index (χ3v) is 5.68. The van der Waals surface area contributed by atoms with Crippen molar-refractivity contribution in [3.05, 3.63) is 64.2 Å². The molecule has 4 nitrogen and oxygen atoms in total. The lowest BCUT2D eigenvalue weighted by Gasteiger charge is -2.26. The Morgan fingerprint density at radius 1 is 1.03 bits per heavy atom. The third kappa shape index (κ3) is 5.91. The summed E-state index contributed by atoms with van der Waals surface area (Å²) in [5.41, 5.74) is 16.8. The fourth-order valence-electron chi connectivity index (χ4n) is 3.52. The molecule has 2 aromatic carbocycles. The Morgan fingerprint density at radius 3 is 1.97 bits per heavy atom. The number of aliphatic imine (C=N–C) groups is 1. The summed E-state index contributed by atoms with van der Waals surface area (Å²) in [5.74, 6) is 1.53. The van der Waals surface area contributed by atoms with E-state index >= 15 is 0 Å². The Hall–Kier alpha value is -2.21. The first kappa shape index (κ1) is 25.8. The predicted molar refractivity (Wildman–Crippen MR) is 129 cm³/mol. The zero-order chi connectivity index (χ0) is 23.1. The second-order valence-electron chi connectivity index (χ2n) is 8.46. The van der Waals surface area contributed by atoms with Crippen LogP contribution in [-0.2, 0) is 4.75 Å². The van der Waals surface area contributed by atoms with E-state index in [0.29, 0.717) is 24.0 Å².